The summed E-state index contributed by atoms with van der Waals surface area (Å²) in [5.41, 5.74) is 2.36. The van der Waals surface area contributed by atoms with Crippen molar-refractivity contribution in [3.63, 3.8) is 0 Å². The average Bonchev–Trinajstić information content (AvgIpc) is 3.11. The monoisotopic (exact) mass is 401 g/mol. The Kier molecular flexibility index (Phi) is 6.35. The van der Waals surface area contributed by atoms with E-state index in [1.54, 1.807) is 6.92 Å². The number of esters is 1. The summed E-state index contributed by atoms with van der Waals surface area (Å²) in [7, 11) is 0. The molecule has 0 aliphatic heterocycles. The molecule has 2 rings (SSSR count). The number of nitrogens with one attached hydrogen (secondary N) is 1. The van der Waals surface area contributed by atoms with Crippen molar-refractivity contribution in [3.8, 4) is 11.1 Å². The summed E-state index contributed by atoms with van der Waals surface area (Å²) in [6, 6.07) is 6.10. The lowest BCUT2D eigenvalue weighted by Crippen LogP contribution is -2.50. The fourth-order valence-corrected chi connectivity index (χ4v) is 4.09. The Morgan fingerprint density at radius 1 is 1.25 bits per heavy atom. The topological polar surface area (TPSA) is 84.1 Å². The van der Waals surface area contributed by atoms with Crippen molar-refractivity contribution in [2.24, 2.45) is 5.92 Å². The van der Waals surface area contributed by atoms with Crippen LogP contribution in [0.3, 0.4) is 0 Å². The molecule has 0 bridgehead atoms. The quantitative estimate of drug-likeness (QED) is 0.742. The second-order valence-electron chi connectivity index (χ2n) is 7.51. The molecule has 6 nitrogen and oxygen atoms in total. The van der Waals surface area contributed by atoms with E-state index in [4.69, 9.17) is 4.74 Å². The van der Waals surface area contributed by atoms with E-state index in [2.05, 4.69) is 11.4 Å². The fraction of sp³-hybridized carbons (Fsp3) is 0.476. The maximum atomic E-state index is 12.8. The molecule has 28 heavy (non-hydrogen) atoms. The molecule has 0 unspecified atom stereocenters. The highest BCUT2D eigenvalue weighted by Crippen LogP contribution is 2.33. The van der Waals surface area contributed by atoms with Crippen LogP contribution in [0.25, 0.3) is 5.00 Å². The zero-order valence-corrected chi connectivity index (χ0v) is 18.3. The van der Waals surface area contributed by atoms with E-state index in [1.807, 2.05) is 58.2 Å². The Labute approximate surface area is 170 Å². The van der Waals surface area contributed by atoms with Crippen molar-refractivity contribution in [2.75, 3.05) is 6.61 Å². The number of carbonyl (C=O) groups excluding carboxylic acids is 2. The molecule has 1 N–H and O–H groups in total. The number of aryl methyl sites for hydroxylation is 3. The number of amides is 1. The molecule has 2 aromatic heterocycles. The summed E-state index contributed by atoms with van der Waals surface area (Å²) in [6.07, 6.45) is 0. The molecule has 1 atom stereocenters. The first-order chi connectivity index (χ1) is 13.0. The van der Waals surface area contributed by atoms with Crippen molar-refractivity contribution in [3.05, 3.63) is 39.5 Å². The molecule has 0 radical (unpaired) electrons. The standard InChI is InChI=1S/C21H27N3O3S/c1-12(2)21(7,11-22)23-17(25)10-27-20(26)18-15(5)16(6)28-19(18)24-13(3)8-9-14(24)4/h8-9,12H,10H2,1-7H3,(H,23,25)/t21-/m0/s1. The van der Waals surface area contributed by atoms with Crippen LogP contribution >= 0.6 is 11.3 Å². The molecular weight excluding hydrogens is 374 g/mol. The first-order valence-electron chi connectivity index (χ1n) is 9.16. The van der Waals surface area contributed by atoms with Crippen LogP contribution in [-0.4, -0.2) is 28.6 Å². The molecule has 7 heteroatoms. The van der Waals surface area contributed by atoms with Crippen LogP contribution in [0.5, 0.6) is 0 Å². The minimum Gasteiger partial charge on any atom is -0.452 e. The van der Waals surface area contributed by atoms with Crippen LogP contribution in [0.15, 0.2) is 12.1 Å². The molecule has 0 saturated carbocycles. The Hall–Kier alpha value is -2.59. The number of hydrogen-bond donors (Lipinski definition) is 1. The summed E-state index contributed by atoms with van der Waals surface area (Å²) in [6.45, 7) is 12.7. The zero-order chi connectivity index (χ0) is 21.2. The third-order valence-corrected chi connectivity index (χ3v) is 6.36. The highest BCUT2D eigenvalue weighted by molar-refractivity contribution is 7.15. The molecule has 1 amide bonds. The molecule has 0 fully saturated rings. The number of nitrogens with zero attached hydrogens (tertiary/aromatic N) is 2. The SMILES string of the molecule is Cc1sc(-n2c(C)ccc2C)c(C(=O)OCC(=O)N[C@@](C)(C#N)C(C)C)c1C. The van der Waals surface area contributed by atoms with E-state index in [0.29, 0.717) is 5.56 Å². The third-order valence-electron chi connectivity index (χ3n) is 5.17. The van der Waals surface area contributed by atoms with Crippen molar-refractivity contribution < 1.29 is 14.3 Å². The van der Waals surface area contributed by atoms with Gasteiger partial charge in [0.1, 0.15) is 10.5 Å². The van der Waals surface area contributed by atoms with E-state index in [-0.39, 0.29) is 5.92 Å². The van der Waals surface area contributed by atoms with Gasteiger partial charge < -0.3 is 14.6 Å². The first kappa shape index (κ1) is 21.7. The van der Waals surface area contributed by atoms with Gasteiger partial charge in [0.2, 0.25) is 0 Å². The Balaban J connectivity index is 2.22. The van der Waals surface area contributed by atoms with Crippen LogP contribution in [-0.2, 0) is 9.53 Å². The van der Waals surface area contributed by atoms with Gasteiger partial charge in [-0.1, -0.05) is 13.8 Å². The van der Waals surface area contributed by atoms with Gasteiger partial charge in [0.15, 0.2) is 6.61 Å². The molecule has 2 heterocycles. The average molecular weight is 402 g/mol. The largest absolute Gasteiger partial charge is 0.452 e. The maximum Gasteiger partial charge on any atom is 0.341 e. The lowest BCUT2D eigenvalue weighted by Gasteiger charge is -2.27. The summed E-state index contributed by atoms with van der Waals surface area (Å²) >= 11 is 1.53. The van der Waals surface area contributed by atoms with Crippen molar-refractivity contribution in [1.29, 1.82) is 5.26 Å². The highest BCUT2D eigenvalue weighted by Gasteiger charge is 2.31. The molecular formula is C21H27N3O3S. The number of thiophene rings is 1. The number of nitriles is 1. The lowest BCUT2D eigenvalue weighted by molar-refractivity contribution is -0.125. The lowest BCUT2D eigenvalue weighted by atomic mass is 9.90. The first-order valence-corrected chi connectivity index (χ1v) is 9.98. The minimum absolute atomic E-state index is 0.0785. The predicted molar refractivity (Wildman–Crippen MR) is 110 cm³/mol. The second kappa shape index (κ2) is 8.19. The van der Waals surface area contributed by atoms with E-state index in [1.165, 1.54) is 11.3 Å². The summed E-state index contributed by atoms with van der Waals surface area (Å²) in [4.78, 5) is 26.1. The molecule has 0 spiro atoms. The number of carbonyl (C=O) groups is 2. The number of hydrogen-bond acceptors (Lipinski definition) is 5. The fourth-order valence-electron chi connectivity index (χ4n) is 2.83. The Bertz CT molecular complexity index is 929. The number of aromatic nitrogens is 1. The van der Waals surface area contributed by atoms with Gasteiger partial charge in [-0.15, -0.1) is 11.3 Å². The predicted octanol–water partition coefficient (Wildman–Crippen LogP) is 3.98. The van der Waals surface area contributed by atoms with Crippen LogP contribution < -0.4 is 5.32 Å². The maximum absolute atomic E-state index is 12.8. The van der Waals surface area contributed by atoms with Crippen LogP contribution in [0.4, 0.5) is 0 Å². The summed E-state index contributed by atoms with van der Waals surface area (Å²) in [5.74, 6) is -1.11. The van der Waals surface area contributed by atoms with E-state index in [9.17, 15) is 14.9 Å². The number of rotatable bonds is 6. The molecule has 150 valence electrons. The smallest absolute Gasteiger partial charge is 0.341 e. The van der Waals surface area contributed by atoms with Gasteiger partial charge in [-0.05, 0) is 58.2 Å². The van der Waals surface area contributed by atoms with Gasteiger partial charge in [-0.2, -0.15) is 5.26 Å². The number of ether oxygens (including phenoxy) is 1. The van der Waals surface area contributed by atoms with Gasteiger partial charge in [0.25, 0.3) is 5.91 Å². The Morgan fingerprint density at radius 2 is 1.82 bits per heavy atom. The molecule has 0 aliphatic carbocycles. The molecule has 2 aromatic rings. The normalized spacial score (nSPS) is 13.1. The van der Waals surface area contributed by atoms with Gasteiger partial charge in [0.05, 0.1) is 11.6 Å². The van der Waals surface area contributed by atoms with Gasteiger partial charge in [-0.3, -0.25) is 4.79 Å². The molecule has 0 aromatic carbocycles. The highest BCUT2D eigenvalue weighted by atomic mass is 32.1. The summed E-state index contributed by atoms with van der Waals surface area (Å²) < 4.78 is 7.33. The molecule has 0 aliphatic rings. The second-order valence-corrected chi connectivity index (χ2v) is 8.71. The van der Waals surface area contributed by atoms with Crippen molar-refractivity contribution >= 4 is 23.2 Å². The zero-order valence-electron chi connectivity index (χ0n) is 17.5. The molecule has 0 saturated heterocycles. The Morgan fingerprint density at radius 3 is 2.32 bits per heavy atom. The van der Waals surface area contributed by atoms with Crippen LogP contribution in [0.1, 0.15) is 53.0 Å². The van der Waals surface area contributed by atoms with Crippen LogP contribution in [0.2, 0.25) is 0 Å². The van der Waals surface area contributed by atoms with E-state index in [0.717, 1.165) is 26.8 Å². The van der Waals surface area contributed by atoms with Gasteiger partial charge in [0, 0.05) is 16.3 Å². The minimum atomic E-state index is -1.01. The third kappa shape index (κ3) is 4.12. The van der Waals surface area contributed by atoms with Crippen LogP contribution in [0, 0.1) is 44.9 Å². The van der Waals surface area contributed by atoms with Crippen molar-refractivity contribution in [1.82, 2.24) is 9.88 Å². The van der Waals surface area contributed by atoms with Gasteiger partial charge in [-0.25, -0.2) is 4.79 Å². The van der Waals surface area contributed by atoms with E-state index < -0.39 is 24.0 Å². The van der Waals surface area contributed by atoms with Gasteiger partial charge >= 0.3 is 5.97 Å². The van der Waals surface area contributed by atoms with Crippen molar-refractivity contribution in [2.45, 2.75) is 54.0 Å². The summed E-state index contributed by atoms with van der Waals surface area (Å²) in [5, 5.41) is 12.8. The van der Waals surface area contributed by atoms with E-state index >= 15 is 0 Å².